The number of carboxylic acids is 1. The minimum atomic E-state index is -1.27. The Balaban J connectivity index is 3.68. The van der Waals surface area contributed by atoms with Crippen molar-refractivity contribution < 1.29 is 19.2 Å². The van der Waals surface area contributed by atoms with Gasteiger partial charge in [-0.15, -0.1) is 0 Å². The van der Waals surface area contributed by atoms with Gasteiger partial charge in [0.05, 0.1) is 33.7 Å². The number of aliphatic carboxylic acids is 1. The summed E-state index contributed by atoms with van der Waals surface area (Å²) >= 11 is 0. The Hall–Kier alpha value is -1.10. The largest absolute Gasteiger partial charge is 0.548 e. The van der Waals surface area contributed by atoms with Gasteiger partial charge in [0.2, 0.25) is 0 Å². The van der Waals surface area contributed by atoms with Crippen molar-refractivity contribution in [2.45, 2.75) is 0 Å². The van der Waals surface area contributed by atoms with E-state index in [2.05, 4.69) is 5.32 Å². The maximum Gasteiger partial charge on any atom is 0.275 e. The number of nitrogens with zero attached hydrogens (tertiary/aromatic N) is 1. The van der Waals surface area contributed by atoms with E-state index in [1.165, 1.54) is 0 Å². The lowest BCUT2D eigenvalue weighted by atomic mass is 10.4. The van der Waals surface area contributed by atoms with Gasteiger partial charge in [0.25, 0.3) is 5.91 Å². The van der Waals surface area contributed by atoms with Gasteiger partial charge in [-0.25, -0.2) is 0 Å². The lowest BCUT2D eigenvalue weighted by molar-refractivity contribution is -0.862. The first-order valence-corrected chi connectivity index (χ1v) is 3.58. The summed E-state index contributed by atoms with van der Waals surface area (Å²) in [6.07, 6.45) is 0. The van der Waals surface area contributed by atoms with Crippen LogP contribution in [0.4, 0.5) is 0 Å². The van der Waals surface area contributed by atoms with Crippen LogP contribution in [0, 0.1) is 0 Å². The molecule has 0 unspecified atom stereocenters. The van der Waals surface area contributed by atoms with Gasteiger partial charge in [0, 0.05) is 0 Å². The number of carbonyl (C=O) groups is 2. The molecule has 0 aliphatic carbocycles. The summed E-state index contributed by atoms with van der Waals surface area (Å²) in [6.45, 7) is -0.161. The molecule has 12 heavy (non-hydrogen) atoms. The van der Waals surface area contributed by atoms with Gasteiger partial charge in [-0.05, 0) is 0 Å². The first kappa shape index (κ1) is 10.9. The molecule has 70 valence electrons. The van der Waals surface area contributed by atoms with Crippen LogP contribution in [0.25, 0.3) is 0 Å². The number of hydrogen-bond acceptors (Lipinski definition) is 3. The number of likely N-dealkylation sites (N-methyl/N-ethyl adjacent to an activating group) is 1. The molecule has 1 N–H and O–H groups in total. The lowest BCUT2D eigenvalue weighted by Gasteiger charge is -2.22. The molecule has 0 aliphatic rings. The van der Waals surface area contributed by atoms with Gasteiger partial charge in [-0.3, -0.25) is 4.79 Å². The fourth-order valence-corrected chi connectivity index (χ4v) is 0.657. The summed E-state index contributed by atoms with van der Waals surface area (Å²) in [5, 5.41) is 12.2. The van der Waals surface area contributed by atoms with Crippen LogP contribution in [-0.4, -0.2) is 50.6 Å². The van der Waals surface area contributed by atoms with Gasteiger partial charge in [0.1, 0.15) is 0 Å². The molecule has 0 aromatic heterocycles. The molecule has 0 saturated carbocycles. The van der Waals surface area contributed by atoms with Crippen molar-refractivity contribution in [3.63, 3.8) is 0 Å². The monoisotopic (exact) mass is 174 g/mol. The molecule has 0 aliphatic heterocycles. The van der Waals surface area contributed by atoms with E-state index in [4.69, 9.17) is 0 Å². The Bertz CT molecular complexity index is 184. The topological polar surface area (TPSA) is 69.2 Å². The third kappa shape index (κ3) is 7.01. The molecule has 1 amide bonds. The maximum atomic E-state index is 10.9. The van der Waals surface area contributed by atoms with E-state index in [0.717, 1.165) is 0 Å². The van der Waals surface area contributed by atoms with E-state index in [9.17, 15) is 14.7 Å². The third-order valence-electron chi connectivity index (χ3n) is 1.05. The molecular formula is C7H14N2O3. The zero-order valence-corrected chi connectivity index (χ0v) is 7.59. The molecule has 0 bridgehead atoms. The maximum absolute atomic E-state index is 10.9. The second kappa shape index (κ2) is 4.06. The molecule has 0 spiro atoms. The average Bonchev–Trinajstić information content (AvgIpc) is 1.79. The predicted octanol–water partition coefficient (Wildman–Crippen LogP) is -2.44. The van der Waals surface area contributed by atoms with Crippen molar-refractivity contribution in [1.82, 2.24) is 5.32 Å². The molecule has 0 fully saturated rings. The van der Waals surface area contributed by atoms with Gasteiger partial charge < -0.3 is 19.7 Å². The van der Waals surface area contributed by atoms with E-state index >= 15 is 0 Å². The van der Waals surface area contributed by atoms with Crippen LogP contribution < -0.4 is 10.4 Å². The Morgan fingerprint density at radius 2 is 1.83 bits per heavy atom. The Morgan fingerprint density at radius 3 is 2.17 bits per heavy atom. The van der Waals surface area contributed by atoms with Crippen molar-refractivity contribution in [2.75, 3.05) is 34.2 Å². The van der Waals surface area contributed by atoms with Crippen molar-refractivity contribution in [1.29, 1.82) is 0 Å². The average molecular weight is 174 g/mol. The second-order valence-corrected chi connectivity index (χ2v) is 3.60. The molecule has 0 aromatic rings. The predicted molar refractivity (Wildman–Crippen MR) is 40.9 cm³/mol. The molecule has 0 aromatic carbocycles. The highest BCUT2D eigenvalue weighted by Gasteiger charge is 2.12. The summed E-state index contributed by atoms with van der Waals surface area (Å²) < 4.78 is 0.471. The quantitative estimate of drug-likeness (QED) is 0.481. The Labute approximate surface area is 71.6 Å². The number of quaternary nitrogens is 1. The van der Waals surface area contributed by atoms with Gasteiger partial charge in [0.15, 0.2) is 6.54 Å². The summed E-state index contributed by atoms with van der Waals surface area (Å²) in [7, 11) is 5.54. The van der Waals surface area contributed by atoms with Crippen molar-refractivity contribution in [3.8, 4) is 0 Å². The highest BCUT2D eigenvalue weighted by Crippen LogP contribution is 1.87. The van der Waals surface area contributed by atoms with E-state index in [1.54, 1.807) is 0 Å². The molecule has 0 saturated heterocycles. The normalized spacial score (nSPS) is 10.9. The van der Waals surface area contributed by atoms with Crippen LogP contribution in [0.3, 0.4) is 0 Å². The minimum Gasteiger partial charge on any atom is -0.548 e. The minimum absolute atomic E-state index is 0.257. The molecular weight excluding hydrogens is 160 g/mol. The number of rotatable bonds is 4. The van der Waals surface area contributed by atoms with Crippen LogP contribution in [0.5, 0.6) is 0 Å². The molecule has 5 heteroatoms. The number of amides is 1. The summed E-state index contributed by atoms with van der Waals surface area (Å²) in [6, 6.07) is 0. The van der Waals surface area contributed by atoms with E-state index in [1.807, 2.05) is 21.1 Å². The summed E-state index contributed by atoms with van der Waals surface area (Å²) in [4.78, 5) is 20.9. The summed E-state index contributed by atoms with van der Waals surface area (Å²) in [5.41, 5.74) is 0. The van der Waals surface area contributed by atoms with Gasteiger partial charge >= 0.3 is 0 Å². The lowest BCUT2D eigenvalue weighted by Crippen LogP contribution is -2.46. The first-order chi connectivity index (χ1) is 5.31. The second-order valence-electron chi connectivity index (χ2n) is 3.60. The highest BCUT2D eigenvalue weighted by molar-refractivity contribution is 5.81. The number of carboxylic acid groups (broad SMARTS) is 1. The standard InChI is InChI=1S/C7H14N2O3/c1-9(2,3)5-6(10)8-4-7(11)12/h4-5H2,1-3H3,(H-,8,10,11,12). The smallest absolute Gasteiger partial charge is 0.275 e. The van der Waals surface area contributed by atoms with Gasteiger partial charge in [-0.1, -0.05) is 0 Å². The van der Waals surface area contributed by atoms with Gasteiger partial charge in [-0.2, -0.15) is 0 Å². The van der Waals surface area contributed by atoms with Crippen LogP contribution in [-0.2, 0) is 9.59 Å². The third-order valence-corrected chi connectivity index (χ3v) is 1.05. The van der Waals surface area contributed by atoms with Crippen molar-refractivity contribution >= 4 is 11.9 Å². The van der Waals surface area contributed by atoms with E-state index in [0.29, 0.717) is 4.48 Å². The van der Waals surface area contributed by atoms with E-state index in [-0.39, 0.29) is 12.5 Å². The van der Waals surface area contributed by atoms with Crippen LogP contribution in [0.15, 0.2) is 0 Å². The van der Waals surface area contributed by atoms with Crippen molar-refractivity contribution in [3.05, 3.63) is 0 Å². The molecule has 0 rings (SSSR count). The first-order valence-electron chi connectivity index (χ1n) is 3.58. The fraction of sp³-hybridized carbons (Fsp3) is 0.714. The zero-order valence-electron chi connectivity index (χ0n) is 7.59. The summed E-state index contributed by atoms with van der Waals surface area (Å²) in [5.74, 6) is -1.56. The SMILES string of the molecule is C[N+](C)(C)CC(=O)NCC(=O)[O-]. The van der Waals surface area contributed by atoms with Crippen LogP contribution in [0.2, 0.25) is 0 Å². The van der Waals surface area contributed by atoms with Crippen molar-refractivity contribution in [2.24, 2.45) is 0 Å². The Kier molecular flexibility index (Phi) is 3.69. The van der Waals surface area contributed by atoms with Crippen LogP contribution in [0.1, 0.15) is 0 Å². The fourth-order valence-electron chi connectivity index (χ4n) is 0.657. The van der Waals surface area contributed by atoms with Crippen LogP contribution >= 0.6 is 0 Å². The number of carbonyl (C=O) groups excluding carboxylic acids is 2. The molecule has 0 atom stereocenters. The Morgan fingerprint density at radius 1 is 1.33 bits per heavy atom. The molecule has 5 nitrogen and oxygen atoms in total. The highest BCUT2D eigenvalue weighted by atomic mass is 16.4. The van der Waals surface area contributed by atoms with E-state index < -0.39 is 12.5 Å². The number of nitrogens with one attached hydrogen (secondary N) is 1. The number of hydrogen-bond donors (Lipinski definition) is 1. The molecule has 0 heterocycles. The molecule has 0 radical (unpaired) electrons. The zero-order chi connectivity index (χ0) is 9.78.